The predicted molar refractivity (Wildman–Crippen MR) is 69.6 cm³/mol. The second-order valence-electron chi connectivity index (χ2n) is 3.90. The number of hydrogen-bond donors (Lipinski definition) is 0. The zero-order valence-electron chi connectivity index (χ0n) is 9.53. The van der Waals surface area contributed by atoms with Gasteiger partial charge in [0.05, 0.1) is 6.61 Å². The summed E-state index contributed by atoms with van der Waals surface area (Å²) in [5.74, 6) is 1.89. The monoisotopic (exact) mass is 284 g/mol. The van der Waals surface area contributed by atoms with E-state index in [9.17, 15) is 0 Å². The molecule has 2 rings (SSSR count). The average molecular weight is 285 g/mol. The minimum absolute atomic E-state index is 0.550. The third-order valence-corrected chi connectivity index (χ3v) is 3.63. The van der Waals surface area contributed by atoms with Crippen LogP contribution in [-0.2, 0) is 0 Å². The minimum atomic E-state index is 0.550. The molecule has 4 heteroatoms. The third-order valence-electron chi connectivity index (χ3n) is 2.88. The van der Waals surface area contributed by atoms with Crippen LogP contribution in [0.5, 0.6) is 5.75 Å². The molecule has 1 fully saturated rings. The highest BCUT2D eigenvalue weighted by atomic mass is 79.9. The molecule has 1 aromatic rings. The summed E-state index contributed by atoms with van der Waals surface area (Å²) in [4.78, 5) is 6.80. The van der Waals surface area contributed by atoms with Gasteiger partial charge in [0, 0.05) is 24.1 Å². The summed E-state index contributed by atoms with van der Waals surface area (Å²) in [6.07, 6.45) is 4.30. The van der Waals surface area contributed by atoms with Crippen molar-refractivity contribution in [2.24, 2.45) is 0 Å². The first-order chi connectivity index (χ1) is 7.86. The van der Waals surface area contributed by atoms with Gasteiger partial charge >= 0.3 is 0 Å². The highest BCUT2D eigenvalue weighted by Gasteiger charge is 2.26. The van der Waals surface area contributed by atoms with Crippen LogP contribution in [0.3, 0.4) is 0 Å². The van der Waals surface area contributed by atoms with E-state index in [1.807, 2.05) is 25.3 Å². The lowest BCUT2D eigenvalue weighted by Gasteiger charge is -2.25. The zero-order chi connectivity index (χ0) is 11.4. The van der Waals surface area contributed by atoms with Gasteiger partial charge in [0.2, 0.25) is 0 Å². The number of ether oxygens (including phenoxy) is 1. The molecule has 0 N–H and O–H groups in total. The van der Waals surface area contributed by atoms with E-state index in [0.717, 1.165) is 23.4 Å². The summed E-state index contributed by atoms with van der Waals surface area (Å²) in [7, 11) is 0. The van der Waals surface area contributed by atoms with E-state index in [-0.39, 0.29) is 0 Å². The van der Waals surface area contributed by atoms with Crippen molar-refractivity contribution in [3.05, 3.63) is 18.3 Å². The van der Waals surface area contributed by atoms with Crippen LogP contribution >= 0.6 is 15.9 Å². The molecule has 0 bridgehead atoms. The van der Waals surface area contributed by atoms with E-state index in [2.05, 4.69) is 25.8 Å². The van der Waals surface area contributed by atoms with Crippen molar-refractivity contribution >= 4 is 21.7 Å². The van der Waals surface area contributed by atoms with Crippen molar-refractivity contribution < 1.29 is 4.74 Å². The van der Waals surface area contributed by atoms with Crippen LogP contribution in [-0.4, -0.2) is 29.5 Å². The van der Waals surface area contributed by atoms with Gasteiger partial charge in [-0.2, -0.15) is 0 Å². The number of hydrogen-bond acceptors (Lipinski definition) is 3. The number of anilines is 1. The Morgan fingerprint density at radius 3 is 3.25 bits per heavy atom. The summed E-state index contributed by atoms with van der Waals surface area (Å²) in [5.41, 5.74) is 0. The Balaban J connectivity index is 2.24. The first-order valence-corrected chi connectivity index (χ1v) is 6.89. The fraction of sp³-hybridized carbons (Fsp3) is 0.583. The van der Waals surface area contributed by atoms with Gasteiger partial charge in [0.25, 0.3) is 0 Å². The molecule has 3 nitrogen and oxygen atoms in total. The lowest BCUT2D eigenvalue weighted by atomic mass is 10.2. The van der Waals surface area contributed by atoms with Crippen molar-refractivity contribution in [3.8, 4) is 5.75 Å². The summed E-state index contributed by atoms with van der Waals surface area (Å²) in [5, 5.41) is 0.995. The normalized spacial score (nSPS) is 20.1. The Morgan fingerprint density at radius 2 is 2.50 bits per heavy atom. The number of aromatic nitrogens is 1. The molecule has 1 unspecified atom stereocenters. The summed E-state index contributed by atoms with van der Waals surface area (Å²) in [6, 6.07) is 4.47. The zero-order valence-corrected chi connectivity index (χ0v) is 11.1. The van der Waals surface area contributed by atoms with Crippen LogP contribution in [0.4, 0.5) is 5.82 Å². The molecule has 0 radical (unpaired) electrons. The highest BCUT2D eigenvalue weighted by molar-refractivity contribution is 9.09. The van der Waals surface area contributed by atoms with Gasteiger partial charge < -0.3 is 9.64 Å². The van der Waals surface area contributed by atoms with Crippen molar-refractivity contribution in [1.29, 1.82) is 0 Å². The fourth-order valence-electron chi connectivity index (χ4n) is 2.14. The molecule has 0 saturated carbocycles. The Labute approximate surface area is 105 Å². The molecule has 16 heavy (non-hydrogen) atoms. The van der Waals surface area contributed by atoms with Gasteiger partial charge in [-0.3, -0.25) is 0 Å². The van der Waals surface area contributed by atoms with Gasteiger partial charge in [-0.15, -0.1) is 0 Å². The lowest BCUT2D eigenvalue weighted by molar-refractivity contribution is 0.339. The molecule has 1 atom stereocenters. The minimum Gasteiger partial charge on any atom is -0.490 e. The van der Waals surface area contributed by atoms with Crippen molar-refractivity contribution in [3.63, 3.8) is 0 Å². The van der Waals surface area contributed by atoms with Gasteiger partial charge in [-0.1, -0.05) is 15.9 Å². The van der Waals surface area contributed by atoms with Crippen LogP contribution < -0.4 is 9.64 Å². The highest BCUT2D eigenvalue weighted by Crippen LogP contribution is 2.31. The number of pyridine rings is 1. The van der Waals surface area contributed by atoms with Gasteiger partial charge in [-0.25, -0.2) is 4.98 Å². The second kappa shape index (κ2) is 5.53. The molecule has 1 aliphatic rings. The molecule has 0 aliphatic carbocycles. The standard InChI is InChI=1S/C12H17BrN2O/c1-2-16-11-6-3-7-14-12(11)15-8-4-5-10(15)9-13/h3,6-7,10H,2,4-5,8-9H2,1H3. The number of halogens is 1. The van der Waals surface area contributed by atoms with Crippen LogP contribution in [0.25, 0.3) is 0 Å². The number of alkyl halides is 1. The van der Waals surface area contributed by atoms with E-state index in [1.165, 1.54) is 12.8 Å². The molecule has 2 heterocycles. The average Bonchev–Trinajstić information content (AvgIpc) is 2.78. The fourth-order valence-corrected chi connectivity index (χ4v) is 2.81. The Bertz CT molecular complexity index is 346. The number of nitrogens with zero attached hydrogens (tertiary/aromatic N) is 2. The summed E-state index contributed by atoms with van der Waals surface area (Å²) < 4.78 is 5.62. The van der Waals surface area contributed by atoms with Gasteiger partial charge in [0.1, 0.15) is 0 Å². The Hall–Kier alpha value is -0.770. The smallest absolute Gasteiger partial charge is 0.171 e. The maximum absolute atomic E-state index is 5.62. The number of rotatable bonds is 4. The van der Waals surface area contributed by atoms with Crippen molar-refractivity contribution in [2.75, 3.05) is 23.4 Å². The van der Waals surface area contributed by atoms with E-state index in [1.54, 1.807) is 0 Å². The maximum Gasteiger partial charge on any atom is 0.171 e. The molecule has 1 aliphatic heterocycles. The second-order valence-corrected chi connectivity index (χ2v) is 4.55. The molecule has 88 valence electrons. The largest absolute Gasteiger partial charge is 0.490 e. The SMILES string of the molecule is CCOc1cccnc1N1CCCC1CBr. The third kappa shape index (κ3) is 2.32. The Morgan fingerprint density at radius 1 is 1.62 bits per heavy atom. The van der Waals surface area contributed by atoms with E-state index in [4.69, 9.17) is 4.74 Å². The maximum atomic E-state index is 5.62. The molecule has 0 amide bonds. The van der Waals surface area contributed by atoms with E-state index < -0.39 is 0 Å². The van der Waals surface area contributed by atoms with Crippen LogP contribution in [0.15, 0.2) is 18.3 Å². The molecule has 1 saturated heterocycles. The summed E-state index contributed by atoms with van der Waals surface area (Å²) in [6.45, 7) is 3.77. The van der Waals surface area contributed by atoms with E-state index in [0.29, 0.717) is 12.6 Å². The predicted octanol–water partition coefficient (Wildman–Crippen LogP) is 2.84. The van der Waals surface area contributed by atoms with Crippen LogP contribution in [0.2, 0.25) is 0 Å². The molecule has 1 aromatic heterocycles. The molecular weight excluding hydrogens is 268 g/mol. The van der Waals surface area contributed by atoms with Gasteiger partial charge in [-0.05, 0) is 31.9 Å². The van der Waals surface area contributed by atoms with Gasteiger partial charge in [0.15, 0.2) is 11.6 Å². The van der Waals surface area contributed by atoms with Crippen LogP contribution in [0.1, 0.15) is 19.8 Å². The topological polar surface area (TPSA) is 25.4 Å². The van der Waals surface area contributed by atoms with E-state index >= 15 is 0 Å². The molecule has 0 aromatic carbocycles. The van der Waals surface area contributed by atoms with Crippen molar-refractivity contribution in [2.45, 2.75) is 25.8 Å². The summed E-state index contributed by atoms with van der Waals surface area (Å²) >= 11 is 3.57. The quantitative estimate of drug-likeness (QED) is 0.795. The molecular formula is C12H17BrN2O. The first-order valence-electron chi connectivity index (χ1n) is 5.77. The Kier molecular flexibility index (Phi) is 4.04. The lowest BCUT2D eigenvalue weighted by Crippen LogP contribution is -2.31. The van der Waals surface area contributed by atoms with Crippen LogP contribution in [0, 0.1) is 0 Å². The molecule has 0 spiro atoms. The first kappa shape index (κ1) is 11.7. The van der Waals surface area contributed by atoms with Crippen molar-refractivity contribution in [1.82, 2.24) is 4.98 Å².